The molecule has 3 nitrogen and oxygen atoms in total. The Kier molecular flexibility index (Phi) is 6.31. The summed E-state index contributed by atoms with van der Waals surface area (Å²) in [6.45, 7) is 6.38. The van der Waals surface area contributed by atoms with E-state index >= 15 is 0 Å². The van der Waals surface area contributed by atoms with Crippen molar-refractivity contribution < 1.29 is 4.74 Å². The summed E-state index contributed by atoms with van der Waals surface area (Å²) in [7, 11) is 2.18. The molecule has 2 rings (SSSR count). The average molecular weight is 282 g/mol. The zero-order chi connectivity index (χ0) is 13.5. The summed E-state index contributed by atoms with van der Waals surface area (Å²) in [5.41, 5.74) is 1.41. The van der Waals surface area contributed by atoms with Gasteiger partial charge in [0.1, 0.15) is 0 Å². The smallest absolute Gasteiger partial charge is 0.0707 e. The van der Waals surface area contributed by atoms with E-state index in [9.17, 15) is 0 Å². The van der Waals surface area contributed by atoms with Gasteiger partial charge in [0.05, 0.1) is 12.2 Å². The highest BCUT2D eigenvalue weighted by molar-refractivity contribution is 7.07. The van der Waals surface area contributed by atoms with E-state index in [0.717, 1.165) is 26.2 Å². The largest absolute Gasteiger partial charge is 0.372 e. The Morgan fingerprint density at radius 1 is 1.42 bits per heavy atom. The van der Waals surface area contributed by atoms with Gasteiger partial charge in [-0.05, 0) is 55.2 Å². The fourth-order valence-corrected chi connectivity index (χ4v) is 3.27. The summed E-state index contributed by atoms with van der Waals surface area (Å²) >= 11 is 1.77. The molecule has 2 heterocycles. The molecule has 2 unspecified atom stereocenters. The van der Waals surface area contributed by atoms with Crippen molar-refractivity contribution in [1.29, 1.82) is 0 Å². The van der Waals surface area contributed by atoms with Gasteiger partial charge in [0.2, 0.25) is 0 Å². The number of likely N-dealkylation sites (N-methyl/N-ethyl adjacent to an activating group) is 1. The maximum atomic E-state index is 6.10. The lowest BCUT2D eigenvalue weighted by atomic mass is 10.2. The molecule has 19 heavy (non-hydrogen) atoms. The Morgan fingerprint density at radius 2 is 2.26 bits per heavy atom. The molecule has 0 aromatic carbocycles. The number of nitrogens with zero attached hydrogens (tertiary/aromatic N) is 1. The van der Waals surface area contributed by atoms with Crippen LogP contribution in [0.4, 0.5) is 0 Å². The van der Waals surface area contributed by atoms with Crippen LogP contribution in [0.15, 0.2) is 16.8 Å². The molecule has 0 aliphatic carbocycles. The molecule has 4 heteroatoms. The Bertz CT molecular complexity index is 342. The van der Waals surface area contributed by atoms with Crippen molar-refractivity contribution >= 4 is 11.3 Å². The quantitative estimate of drug-likeness (QED) is 0.742. The minimum Gasteiger partial charge on any atom is -0.372 e. The van der Waals surface area contributed by atoms with E-state index < -0.39 is 0 Å². The van der Waals surface area contributed by atoms with Crippen LogP contribution in [0.1, 0.15) is 31.7 Å². The predicted molar refractivity (Wildman–Crippen MR) is 81.7 cm³/mol. The van der Waals surface area contributed by atoms with Crippen LogP contribution in [0, 0.1) is 0 Å². The molecule has 1 saturated heterocycles. The number of hydrogen-bond acceptors (Lipinski definition) is 4. The highest BCUT2D eigenvalue weighted by Gasteiger charge is 2.25. The van der Waals surface area contributed by atoms with Crippen LogP contribution in [0.2, 0.25) is 0 Å². The zero-order valence-electron chi connectivity index (χ0n) is 12.1. The van der Waals surface area contributed by atoms with Crippen molar-refractivity contribution in [1.82, 2.24) is 10.2 Å². The number of nitrogens with one attached hydrogen (secondary N) is 1. The molecule has 108 valence electrons. The lowest BCUT2D eigenvalue weighted by Crippen LogP contribution is -2.31. The van der Waals surface area contributed by atoms with Crippen LogP contribution in [-0.2, 0) is 11.3 Å². The first-order valence-corrected chi connectivity index (χ1v) is 8.28. The summed E-state index contributed by atoms with van der Waals surface area (Å²) in [5, 5.41) is 7.82. The molecule has 1 aromatic rings. The van der Waals surface area contributed by atoms with Crippen molar-refractivity contribution in [3.05, 3.63) is 22.4 Å². The highest BCUT2D eigenvalue weighted by atomic mass is 32.1. The van der Waals surface area contributed by atoms with E-state index in [1.54, 1.807) is 11.3 Å². The first-order valence-electron chi connectivity index (χ1n) is 7.33. The van der Waals surface area contributed by atoms with E-state index in [0.29, 0.717) is 12.2 Å². The Hall–Kier alpha value is -0.420. The minimum absolute atomic E-state index is 0.414. The summed E-state index contributed by atoms with van der Waals surface area (Å²) in [6, 6.07) is 2.20. The number of hydrogen-bond donors (Lipinski definition) is 1. The van der Waals surface area contributed by atoms with Gasteiger partial charge in [-0.2, -0.15) is 11.3 Å². The van der Waals surface area contributed by atoms with Crippen LogP contribution in [-0.4, -0.2) is 43.8 Å². The van der Waals surface area contributed by atoms with Crippen LogP contribution < -0.4 is 5.32 Å². The maximum Gasteiger partial charge on any atom is 0.0707 e. The lowest BCUT2D eigenvalue weighted by molar-refractivity contribution is 0.0268. The minimum atomic E-state index is 0.414. The van der Waals surface area contributed by atoms with Gasteiger partial charge in [-0.1, -0.05) is 6.92 Å². The van der Waals surface area contributed by atoms with Gasteiger partial charge in [-0.3, -0.25) is 4.90 Å². The summed E-state index contributed by atoms with van der Waals surface area (Å²) < 4.78 is 6.10. The summed E-state index contributed by atoms with van der Waals surface area (Å²) in [5.74, 6) is 0. The normalized spacial score (nSPS) is 23.3. The van der Waals surface area contributed by atoms with Gasteiger partial charge in [0, 0.05) is 19.6 Å². The first kappa shape index (κ1) is 15.0. The predicted octanol–water partition coefficient (Wildman–Crippen LogP) is 2.73. The van der Waals surface area contributed by atoms with Crippen molar-refractivity contribution in [3.63, 3.8) is 0 Å². The monoisotopic (exact) mass is 282 g/mol. The molecule has 1 aromatic heterocycles. The van der Waals surface area contributed by atoms with Gasteiger partial charge in [-0.25, -0.2) is 0 Å². The molecule has 0 saturated carbocycles. The second kappa shape index (κ2) is 8.00. The van der Waals surface area contributed by atoms with Crippen molar-refractivity contribution in [2.45, 2.75) is 44.9 Å². The van der Waals surface area contributed by atoms with Gasteiger partial charge in [-0.15, -0.1) is 0 Å². The first-order chi connectivity index (χ1) is 9.28. The second-order valence-corrected chi connectivity index (χ2v) is 6.27. The van der Waals surface area contributed by atoms with E-state index in [1.165, 1.54) is 24.8 Å². The third-order valence-corrected chi connectivity index (χ3v) is 4.27. The molecule has 0 spiro atoms. The van der Waals surface area contributed by atoms with Gasteiger partial charge < -0.3 is 10.1 Å². The zero-order valence-corrected chi connectivity index (χ0v) is 12.9. The number of rotatable bonds is 8. The van der Waals surface area contributed by atoms with Gasteiger partial charge in [0.25, 0.3) is 0 Å². The standard InChI is InChI=1S/C15H26N2OS/c1-3-7-16-9-14-4-5-15(18-14)11-17(2)10-13-6-8-19-12-13/h6,8,12,14-16H,3-5,7,9-11H2,1-2H3. The van der Waals surface area contributed by atoms with E-state index in [1.807, 2.05) is 0 Å². The van der Waals surface area contributed by atoms with E-state index in [-0.39, 0.29) is 0 Å². The molecule has 0 radical (unpaired) electrons. The number of ether oxygens (including phenoxy) is 1. The summed E-state index contributed by atoms with van der Waals surface area (Å²) in [4.78, 5) is 2.37. The molecule has 1 aliphatic heterocycles. The Labute approximate surface area is 121 Å². The molecule has 2 atom stereocenters. The summed E-state index contributed by atoms with van der Waals surface area (Å²) in [6.07, 6.45) is 4.43. The lowest BCUT2D eigenvalue weighted by Gasteiger charge is -2.21. The maximum absolute atomic E-state index is 6.10. The van der Waals surface area contributed by atoms with Crippen LogP contribution >= 0.6 is 11.3 Å². The second-order valence-electron chi connectivity index (χ2n) is 5.49. The molecule has 0 amide bonds. The van der Waals surface area contributed by atoms with Crippen LogP contribution in [0.3, 0.4) is 0 Å². The fourth-order valence-electron chi connectivity index (χ4n) is 2.61. The van der Waals surface area contributed by atoms with Gasteiger partial charge >= 0.3 is 0 Å². The Morgan fingerprint density at radius 3 is 3.00 bits per heavy atom. The molecule has 1 N–H and O–H groups in total. The molecule has 1 aliphatic rings. The van der Waals surface area contributed by atoms with E-state index in [2.05, 4.69) is 41.0 Å². The van der Waals surface area contributed by atoms with E-state index in [4.69, 9.17) is 4.74 Å². The Balaban J connectivity index is 1.64. The number of thiophene rings is 1. The molecule has 1 fully saturated rings. The molecular weight excluding hydrogens is 256 g/mol. The molecule has 0 bridgehead atoms. The third-order valence-electron chi connectivity index (χ3n) is 3.54. The van der Waals surface area contributed by atoms with Gasteiger partial charge in [0.15, 0.2) is 0 Å². The van der Waals surface area contributed by atoms with Crippen molar-refractivity contribution in [2.75, 3.05) is 26.7 Å². The van der Waals surface area contributed by atoms with Crippen LogP contribution in [0.5, 0.6) is 0 Å². The van der Waals surface area contributed by atoms with Crippen molar-refractivity contribution in [2.24, 2.45) is 0 Å². The van der Waals surface area contributed by atoms with Crippen molar-refractivity contribution in [3.8, 4) is 0 Å². The third kappa shape index (κ3) is 5.22. The average Bonchev–Trinajstić information content (AvgIpc) is 3.02. The van der Waals surface area contributed by atoms with Crippen LogP contribution in [0.25, 0.3) is 0 Å². The SMILES string of the molecule is CCCNCC1CCC(CN(C)Cc2ccsc2)O1. The fraction of sp³-hybridized carbons (Fsp3) is 0.733. The molecular formula is C15H26N2OS. The highest BCUT2D eigenvalue weighted by Crippen LogP contribution is 2.20. The topological polar surface area (TPSA) is 24.5 Å².